The number of hydrogen-bond acceptors (Lipinski definition) is 2. The first kappa shape index (κ1) is 15.6. The lowest BCUT2D eigenvalue weighted by molar-refractivity contribution is -0.138. The van der Waals surface area contributed by atoms with E-state index in [9.17, 15) is 13.2 Å². The third kappa shape index (κ3) is 2.95. The molecule has 0 unspecified atom stereocenters. The fourth-order valence-corrected chi connectivity index (χ4v) is 2.28. The highest BCUT2D eigenvalue weighted by atomic mass is 19.4. The Bertz CT molecular complexity index is 657. The SMILES string of the molecule is CNCc1ccc(-n2nc(C)c(C)c2C)cc1C(F)(F)F. The van der Waals surface area contributed by atoms with Crippen LogP contribution in [0.4, 0.5) is 13.2 Å². The molecule has 1 N–H and O–H groups in total. The summed E-state index contributed by atoms with van der Waals surface area (Å²) in [5.74, 6) is 0. The first-order valence-electron chi connectivity index (χ1n) is 6.63. The molecule has 1 heterocycles. The lowest BCUT2D eigenvalue weighted by Crippen LogP contribution is -2.15. The van der Waals surface area contributed by atoms with Crippen molar-refractivity contribution in [2.75, 3.05) is 7.05 Å². The number of benzene rings is 1. The van der Waals surface area contributed by atoms with Crippen LogP contribution in [0.15, 0.2) is 18.2 Å². The molecule has 0 saturated carbocycles. The third-order valence-corrected chi connectivity index (χ3v) is 3.66. The van der Waals surface area contributed by atoms with E-state index < -0.39 is 11.7 Å². The number of nitrogens with zero attached hydrogens (tertiary/aromatic N) is 2. The van der Waals surface area contributed by atoms with Gasteiger partial charge in [0.2, 0.25) is 0 Å². The summed E-state index contributed by atoms with van der Waals surface area (Å²) in [6, 6.07) is 4.33. The van der Waals surface area contributed by atoms with Crippen molar-refractivity contribution < 1.29 is 13.2 Å². The predicted molar refractivity (Wildman–Crippen MR) is 75.5 cm³/mol. The Morgan fingerprint density at radius 1 is 1.19 bits per heavy atom. The van der Waals surface area contributed by atoms with E-state index in [1.54, 1.807) is 17.8 Å². The molecule has 0 aliphatic heterocycles. The maximum absolute atomic E-state index is 13.2. The maximum atomic E-state index is 13.2. The highest BCUT2D eigenvalue weighted by Crippen LogP contribution is 2.33. The molecule has 0 spiro atoms. The highest BCUT2D eigenvalue weighted by Gasteiger charge is 2.33. The van der Waals surface area contributed by atoms with Gasteiger partial charge in [0.15, 0.2) is 0 Å². The van der Waals surface area contributed by atoms with Gasteiger partial charge in [-0.1, -0.05) is 6.07 Å². The molecule has 0 aliphatic carbocycles. The van der Waals surface area contributed by atoms with Crippen molar-refractivity contribution in [3.63, 3.8) is 0 Å². The van der Waals surface area contributed by atoms with Crippen LogP contribution in [0.2, 0.25) is 0 Å². The van der Waals surface area contributed by atoms with Gasteiger partial charge < -0.3 is 5.32 Å². The largest absolute Gasteiger partial charge is 0.416 e. The van der Waals surface area contributed by atoms with Crippen molar-refractivity contribution in [1.29, 1.82) is 0 Å². The van der Waals surface area contributed by atoms with E-state index in [2.05, 4.69) is 10.4 Å². The lowest BCUT2D eigenvalue weighted by Gasteiger charge is -2.15. The van der Waals surface area contributed by atoms with Crippen molar-refractivity contribution >= 4 is 0 Å². The molecule has 2 rings (SSSR count). The maximum Gasteiger partial charge on any atom is 0.416 e. The van der Waals surface area contributed by atoms with E-state index in [0.29, 0.717) is 5.69 Å². The van der Waals surface area contributed by atoms with Gasteiger partial charge in [0.25, 0.3) is 0 Å². The normalized spacial score (nSPS) is 12.0. The van der Waals surface area contributed by atoms with Crippen LogP contribution in [0.3, 0.4) is 0 Å². The number of halogens is 3. The van der Waals surface area contributed by atoms with Gasteiger partial charge in [0, 0.05) is 12.2 Å². The summed E-state index contributed by atoms with van der Waals surface area (Å²) in [6.45, 7) is 5.78. The van der Waals surface area contributed by atoms with Gasteiger partial charge in [-0.25, -0.2) is 4.68 Å². The van der Waals surface area contributed by atoms with Crippen LogP contribution < -0.4 is 5.32 Å². The Morgan fingerprint density at radius 3 is 2.33 bits per heavy atom. The highest BCUT2D eigenvalue weighted by molar-refractivity contribution is 5.44. The topological polar surface area (TPSA) is 29.9 Å². The molecule has 1 aromatic heterocycles. The van der Waals surface area contributed by atoms with Crippen molar-refractivity contribution in [3.8, 4) is 5.69 Å². The van der Waals surface area contributed by atoms with Crippen LogP contribution in [0, 0.1) is 20.8 Å². The third-order valence-electron chi connectivity index (χ3n) is 3.66. The molecule has 21 heavy (non-hydrogen) atoms. The molecule has 0 atom stereocenters. The standard InChI is InChI=1S/C15H18F3N3/c1-9-10(2)20-21(11(9)3)13-6-5-12(8-19-4)14(7-13)15(16,17)18/h5-7,19H,8H2,1-4H3. The van der Waals surface area contributed by atoms with E-state index in [1.807, 2.05) is 20.8 Å². The molecule has 114 valence electrons. The zero-order valence-corrected chi connectivity index (χ0v) is 12.5. The smallest absolute Gasteiger partial charge is 0.316 e. The first-order valence-corrected chi connectivity index (χ1v) is 6.63. The van der Waals surface area contributed by atoms with Crippen LogP contribution in [0.1, 0.15) is 28.1 Å². The number of hydrogen-bond donors (Lipinski definition) is 1. The minimum atomic E-state index is -4.38. The molecule has 0 amide bonds. The van der Waals surface area contributed by atoms with E-state index in [-0.39, 0.29) is 12.1 Å². The summed E-state index contributed by atoms with van der Waals surface area (Å²) in [5.41, 5.74) is 2.69. The molecule has 6 heteroatoms. The summed E-state index contributed by atoms with van der Waals surface area (Å²) < 4.78 is 41.1. The zero-order chi connectivity index (χ0) is 15.8. The molecule has 0 aliphatic rings. The van der Waals surface area contributed by atoms with Crippen LogP contribution in [0.25, 0.3) is 5.69 Å². The van der Waals surface area contributed by atoms with Crippen molar-refractivity contribution in [3.05, 3.63) is 46.3 Å². The fourth-order valence-electron chi connectivity index (χ4n) is 2.28. The molecular weight excluding hydrogens is 279 g/mol. The van der Waals surface area contributed by atoms with Gasteiger partial charge in [0.1, 0.15) is 0 Å². The van der Waals surface area contributed by atoms with Crippen LogP contribution in [-0.2, 0) is 12.7 Å². The number of alkyl halides is 3. The minimum absolute atomic E-state index is 0.172. The number of aryl methyl sites for hydroxylation is 1. The summed E-state index contributed by atoms with van der Waals surface area (Å²) in [5, 5.41) is 7.07. The molecule has 2 aromatic rings. The number of aromatic nitrogens is 2. The summed E-state index contributed by atoms with van der Waals surface area (Å²) >= 11 is 0. The van der Waals surface area contributed by atoms with E-state index >= 15 is 0 Å². The molecule has 0 fully saturated rings. The second kappa shape index (κ2) is 5.52. The number of nitrogens with one attached hydrogen (secondary N) is 1. The predicted octanol–water partition coefficient (Wildman–Crippen LogP) is 3.54. The van der Waals surface area contributed by atoms with E-state index in [1.165, 1.54) is 6.07 Å². The summed E-state index contributed by atoms with van der Waals surface area (Å²) in [4.78, 5) is 0. The monoisotopic (exact) mass is 297 g/mol. The molecule has 0 saturated heterocycles. The van der Waals surface area contributed by atoms with Crippen LogP contribution in [0.5, 0.6) is 0 Å². The number of rotatable bonds is 3. The molecule has 0 bridgehead atoms. The average molecular weight is 297 g/mol. The first-order chi connectivity index (χ1) is 9.75. The minimum Gasteiger partial charge on any atom is -0.316 e. The van der Waals surface area contributed by atoms with Crippen molar-refractivity contribution in [1.82, 2.24) is 15.1 Å². The Balaban J connectivity index is 2.59. The average Bonchev–Trinajstić information content (AvgIpc) is 2.66. The second-order valence-electron chi connectivity index (χ2n) is 5.08. The van der Waals surface area contributed by atoms with Crippen molar-refractivity contribution in [2.45, 2.75) is 33.5 Å². The molecule has 0 radical (unpaired) electrons. The van der Waals surface area contributed by atoms with Crippen LogP contribution >= 0.6 is 0 Å². The lowest BCUT2D eigenvalue weighted by atomic mass is 10.1. The fraction of sp³-hybridized carbons (Fsp3) is 0.400. The zero-order valence-electron chi connectivity index (χ0n) is 12.5. The molecule has 1 aromatic carbocycles. The summed E-state index contributed by atoms with van der Waals surface area (Å²) in [7, 11) is 1.62. The van der Waals surface area contributed by atoms with Gasteiger partial charge in [-0.15, -0.1) is 0 Å². The van der Waals surface area contributed by atoms with Crippen molar-refractivity contribution in [2.24, 2.45) is 0 Å². The van der Waals surface area contributed by atoms with Gasteiger partial charge in [-0.2, -0.15) is 18.3 Å². The van der Waals surface area contributed by atoms with Gasteiger partial charge >= 0.3 is 6.18 Å². The second-order valence-corrected chi connectivity index (χ2v) is 5.08. The quantitative estimate of drug-likeness (QED) is 0.939. The van der Waals surface area contributed by atoms with Crippen LogP contribution in [-0.4, -0.2) is 16.8 Å². The molecule has 3 nitrogen and oxygen atoms in total. The Kier molecular flexibility index (Phi) is 4.09. The Hall–Kier alpha value is -1.82. The van der Waals surface area contributed by atoms with Gasteiger partial charge in [0.05, 0.1) is 16.9 Å². The molecular formula is C15H18F3N3. The van der Waals surface area contributed by atoms with E-state index in [4.69, 9.17) is 0 Å². The Labute approximate surface area is 121 Å². The Morgan fingerprint density at radius 2 is 1.86 bits per heavy atom. The van der Waals surface area contributed by atoms with E-state index in [0.717, 1.165) is 23.0 Å². The van der Waals surface area contributed by atoms with Gasteiger partial charge in [-0.3, -0.25) is 0 Å². The van der Waals surface area contributed by atoms with Gasteiger partial charge in [-0.05, 0) is 51.1 Å². The summed E-state index contributed by atoms with van der Waals surface area (Å²) in [6.07, 6.45) is -4.38.